The molecule has 1 fully saturated rings. The molecule has 0 bridgehead atoms. The zero-order valence-corrected chi connectivity index (χ0v) is 14.4. The number of carbonyl (C=O) groups excluding carboxylic acids is 1. The lowest BCUT2D eigenvalue weighted by atomic mass is 9.77. The standard InChI is InChI=1S/C16H19F3O5S/c1-23-15(20)10-11-2-4-12(5-3-11)13-6-8-14(9-7-13)24-25(21,22)16(17,18)19/h6-9,11-12H,2-5,10H2,1H3/t11-,12+. The number of halogens is 3. The van der Waals surface area contributed by atoms with Crippen molar-refractivity contribution < 1.29 is 35.3 Å². The molecule has 0 N–H and O–H groups in total. The van der Waals surface area contributed by atoms with Crippen LogP contribution >= 0.6 is 0 Å². The van der Waals surface area contributed by atoms with E-state index in [4.69, 9.17) is 0 Å². The predicted molar refractivity (Wildman–Crippen MR) is 83.4 cm³/mol. The molecule has 1 saturated carbocycles. The third-order valence-electron chi connectivity index (χ3n) is 4.37. The Balaban J connectivity index is 1.94. The van der Waals surface area contributed by atoms with Crippen molar-refractivity contribution >= 4 is 16.1 Å². The van der Waals surface area contributed by atoms with Crippen molar-refractivity contribution in [2.24, 2.45) is 5.92 Å². The average Bonchev–Trinajstić information content (AvgIpc) is 2.55. The number of carbonyl (C=O) groups is 1. The van der Waals surface area contributed by atoms with E-state index in [1.807, 2.05) is 0 Å². The molecule has 5 nitrogen and oxygen atoms in total. The van der Waals surface area contributed by atoms with E-state index in [2.05, 4.69) is 8.92 Å². The number of rotatable bonds is 5. The molecule has 1 aliphatic carbocycles. The molecule has 0 unspecified atom stereocenters. The maximum Gasteiger partial charge on any atom is 0.534 e. The summed E-state index contributed by atoms with van der Waals surface area (Å²) in [5.74, 6) is -0.0957. The fourth-order valence-electron chi connectivity index (χ4n) is 2.99. The maximum atomic E-state index is 12.3. The Hall–Kier alpha value is -1.77. The van der Waals surface area contributed by atoms with Crippen LogP contribution in [-0.2, 0) is 19.6 Å². The molecular formula is C16H19F3O5S. The Labute approximate surface area is 144 Å². The lowest BCUT2D eigenvalue weighted by molar-refractivity contribution is -0.142. The Morgan fingerprint density at radius 3 is 2.16 bits per heavy atom. The van der Waals surface area contributed by atoms with Crippen LogP contribution < -0.4 is 4.18 Å². The normalized spacial score (nSPS) is 21.6. The van der Waals surface area contributed by atoms with E-state index in [0.717, 1.165) is 31.2 Å². The summed E-state index contributed by atoms with van der Waals surface area (Å²) >= 11 is 0. The van der Waals surface area contributed by atoms with Gasteiger partial charge in [0.1, 0.15) is 5.75 Å². The number of hydrogen-bond donors (Lipinski definition) is 0. The van der Waals surface area contributed by atoms with Crippen molar-refractivity contribution in [1.29, 1.82) is 0 Å². The molecule has 9 heteroatoms. The van der Waals surface area contributed by atoms with Gasteiger partial charge in [0.2, 0.25) is 0 Å². The quantitative estimate of drug-likeness (QED) is 0.442. The van der Waals surface area contributed by atoms with Gasteiger partial charge in [-0.3, -0.25) is 4.79 Å². The van der Waals surface area contributed by atoms with Crippen LogP contribution in [0.2, 0.25) is 0 Å². The molecule has 0 aliphatic heterocycles. The topological polar surface area (TPSA) is 69.7 Å². The maximum absolute atomic E-state index is 12.3. The van der Waals surface area contributed by atoms with Crippen molar-refractivity contribution in [3.8, 4) is 5.75 Å². The van der Waals surface area contributed by atoms with Gasteiger partial charge in [-0.1, -0.05) is 12.1 Å². The van der Waals surface area contributed by atoms with Crippen LogP contribution in [0.15, 0.2) is 24.3 Å². The summed E-state index contributed by atoms with van der Waals surface area (Å²) < 4.78 is 67.6. The smallest absolute Gasteiger partial charge is 0.469 e. The van der Waals surface area contributed by atoms with Crippen LogP contribution in [0.25, 0.3) is 0 Å². The van der Waals surface area contributed by atoms with Crippen molar-refractivity contribution in [2.45, 2.75) is 43.5 Å². The molecule has 0 atom stereocenters. The fraction of sp³-hybridized carbons (Fsp3) is 0.562. The van der Waals surface area contributed by atoms with Crippen molar-refractivity contribution in [2.75, 3.05) is 7.11 Å². The van der Waals surface area contributed by atoms with Crippen molar-refractivity contribution in [3.63, 3.8) is 0 Å². The van der Waals surface area contributed by atoms with E-state index >= 15 is 0 Å². The van der Waals surface area contributed by atoms with Crippen LogP contribution in [0.5, 0.6) is 5.75 Å². The molecule has 1 aromatic carbocycles. The summed E-state index contributed by atoms with van der Waals surface area (Å²) in [5.41, 5.74) is -4.54. The zero-order chi connectivity index (χ0) is 18.7. The summed E-state index contributed by atoms with van der Waals surface area (Å²) in [4.78, 5) is 11.3. The molecule has 0 spiro atoms. The third-order valence-corrected chi connectivity index (χ3v) is 5.35. The molecule has 0 amide bonds. The molecule has 1 aliphatic rings. The molecule has 0 heterocycles. The summed E-state index contributed by atoms with van der Waals surface area (Å²) in [6.45, 7) is 0. The van der Waals surface area contributed by atoms with E-state index in [1.165, 1.54) is 19.2 Å². The minimum absolute atomic E-state index is 0.224. The Bertz CT molecular complexity index is 689. The molecule has 2 rings (SSSR count). The first-order valence-electron chi connectivity index (χ1n) is 7.80. The molecule has 0 aromatic heterocycles. The summed E-state index contributed by atoms with van der Waals surface area (Å²) in [6.07, 6.45) is 3.82. The van der Waals surface area contributed by atoms with Crippen LogP contribution in [0.1, 0.15) is 43.6 Å². The van der Waals surface area contributed by atoms with E-state index in [0.29, 0.717) is 6.42 Å². The van der Waals surface area contributed by atoms with Crippen LogP contribution in [-0.4, -0.2) is 27.0 Å². The highest BCUT2D eigenvalue weighted by molar-refractivity contribution is 7.88. The number of ether oxygens (including phenoxy) is 1. The SMILES string of the molecule is COC(=O)C[C@H]1CC[C@@H](c2ccc(OS(=O)(=O)C(F)(F)F)cc2)CC1. The molecule has 25 heavy (non-hydrogen) atoms. The Morgan fingerprint density at radius 1 is 1.12 bits per heavy atom. The second-order valence-electron chi connectivity index (χ2n) is 6.05. The van der Waals surface area contributed by atoms with Gasteiger partial charge in [-0.05, 0) is 55.2 Å². The largest absolute Gasteiger partial charge is 0.534 e. The first-order valence-corrected chi connectivity index (χ1v) is 9.20. The number of methoxy groups -OCH3 is 1. The number of hydrogen-bond acceptors (Lipinski definition) is 5. The van der Waals surface area contributed by atoms with Gasteiger partial charge in [-0.15, -0.1) is 0 Å². The number of esters is 1. The van der Waals surface area contributed by atoms with Gasteiger partial charge >= 0.3 is 21.6 Å². The minimum Gasteiger partial charge on any atom is -0.469 e. The van der Waals surface area contributed by atoms with Crippen molar-refractivity contribution in [3.05, 3.63) is 29.8 Å². The van der Waals surface area contributed by atoms with Gasteiger partial charge in [0, 0.05) is 6.42 Å². The molecule has 140 valence electrons. The summed E-state index contributed by atoms with van der Waals surface area (Å²) in [5, 5.41) is 0. The second kappa shape index (κ2) is 7.63. The minimum atomic E-state index is -5.65. The molecule has 1 aromatic rings. The Morgan fingerprint density at radius 2 is 1.68 bits per heavy atom. The lowest BCUT2D eigenvalue weighted by Crippen LogP contribution is -2.28. The Kier molecular flexibility index (Phi) is 5.97. The van der Waals surface area contributed by atoms with Crippen LogP contribution in [0, 0.1) is 5.92 Å². The first kappa shape index (κ1) is 19.6. The molecular weight excluding hydrogens is 361 g/mol. The zero-order valence-electron chi connectivity index (χ0n) is 13.6. The highest BCUT2D eigenvalue weighted by atomic mass is 32.2. The first-order chi connectivity index (χ1) is 11.6. The van der Waals surface area contributed by atoms with Gasteiger partial charge in [-0.2, -0.15) is 21.6 Å². The van der Waals surface area contributed by atoms with Crippen molar-refractivity contribution in [1.82, 2.24) is 0 Å². The monoisotopic (exact) mass is 380 g/mol. The molecule has 0 radical (unpaired) electrons. The number of alkyl halides is 3. The fourth-order valence-corrected chi connectivity index (χ4v) is 3.45. The van der Waals surface area contributed by atoms with Gasteiger partial charge in [-0.25, -0.2) is 0 Å². The summed E-state index contributed by atoms with van der Waals surface area (Å²) in [6, 6.07) is 5.59. The van der Waals surface area contributed by atoms with E-state index < -0.39 is 15.6 Å². The predicted octanol–water partition coefficient (Wildman–Crippen LogP) is 3.75. The van der Waals surface area contributed by atoms with Gasteiger partial charge < -0.3 is 8.92 Å². The van der Waals surface area contributed by atoms with Gasteiger partial charge in [0.05, 0.1) is 7.11 Å². The van der Waals surface area contributed by atoms with E-state index in [1.54, 1.807) is 12.1 Å². The van der Waals surface area contributed by atoms with Crippen LogP contribution in [0.4, 0.5) is 13.2 Å². The highest BCUT2D eigenvalue weighted by Gasteiger charge is 2.48. The van der Waals surface area contributed by atoms with E-state index in [9.17, 15) is 26.4 Å². The molecule has 0 saturated heterocycles. The summed E-state index contributed by atoms with van der Waals surface area (Å²) in [7, 11) is -4.30. The van der Waals surface area contributed by atoms with E-state index in [-0.39, 0.29) is 23.6 Å². The van der Waals surface area contributed by atoms with Gasteiger partial charge in [0.15, 0.2) is 0 Å². The van der Waals surface area contributed by atoms with Gasteiger partial charge in [0.25, 0.3) is 0 Å². The second-order valence-corrected chi connectivity index (χ2v) is 7.59. The average molecular weight is 380 g/mol. The number of benzene rings is 1. The highest BCUT2D eigenvalue weighted by Crippen LogP contribution is 2.38. The van der Waals surface area contributed by atoms with Crippen LogP contribution in [0.3, 0.4) is 0 Å². The lowest BCUT2D eigenvalue weighted by Gasteiger charge is -2.28. The third kappa shape index (κ3) is 5.10.